The van der Waals surface area contributed by atoms with E-state index in [0.717, 1.165) is 34.5 Å². The van der Waals surface area contributed by atoms with E-state index in [9.17, 15) is 14.7 Å². The zero-order valence-corrected chi connectivity index (χ0v) is 22.0. The molecule has 10 nitrogen and oxygen atoms in total. The Morgan fingerprint density at radius 2 is 1.64 bits per heavy atom. The lowest BCUT2D eigenvalue weighted by Gasteiger charge is -2.38. The Bertz CT molecular complexity index is 1460. The van der Waals surface area contributed by atoms with Crippen molar-refractivity contribution in [2.24, 2.45) is 5.73 Å². The fourth-order valence-electron chi connectivity index (χ4n) is 4.92. The van der Waals surface area contributed by atoms with Crippen LogP contribution >= 0.6 is 0 Å². The third-order valence-corrected chi connectivity index (χ3v) is 7.03. The van der Waals surface area contributed by atoms with Crippen LogP contribution in [0.25, 0.3) is 16.8 Å². The molecule has 0 saturated carbocycles. The highest BCUT2D eigenvalue weighted by atomic mass is 16.4. The van der Waals surface area contributed by atoms with Crippen molar-refractivity contribution in [1.82, 2.24) is 29.5 Å². The highest BCUT2D eigenvalue weighted by molar-refractivity contribution is 5.88. The number of carbonyl (C=O) groups excluding carboxylic acids is 1. The number of hydrogen-bond acceptors (Lipinski definition) is 6. The SMILES string of the molecule is Cc1nc(C(N)=O)nn1-c1ccc(Cc2ccc(-c3ccc(CN4CCN(C(=O)O)[C@@H](C)C4)nc3)cc2)cc1. The van der Waals surface area contributed by atoms with Crippen LogP contribution in [0.15, 0.2) is 66.9 Å². The number of amides is 2. The minimum Gasteiger partial charge on any atom is -0.465 e. The zero-order valence-electron chi connectivity index (χ0n) is 22.0. The summed E-state index contributed by atoms with van der Waals surface area (Å²) < 4.78 is 1.61. The summed E-state index contributed by atoms with van der Waals surface area (Å²) >= 11 is 0. The van der Waals surface area contributed by atoms with Crippen molar-refractivity contribution < 1.29 is 14.7 Å². The van der Waals surface area contributed by atoms with E-state index in [-0.39, 0.29) is 11.9 Å². The summed E-state index contributed by atoms with van der Waals surface area (Å²) in [5, 5.41) is 13.4. The van der Waals surface area contributed by atoms with E-state index in [1.54, 1.807) is 11.6 Å². The third kappa shape index (κ3) is 5.96. The lowest BCUT2D eigenvalue weighted by molar-refractivity contribution is 0.0706. The predicted octanol–water partition coefficient (Wildman–Crippen LogP) is 3.51. The molecule has 3 heterocycles. The van der Waals surface area contributed by atoms with Crippen LogP contribution in [0.4, 0.5) is 4.79 Å². The fourth-order valence-corrected chi connectivity index (χ4v) is 4.92. The Labute approximate surface area is 226 Å². The summed E-state index contributed by atoms with van der Waals surface area (Å²) in [6, 6.07) is 20.6. The van der Waals surface area contributed by atoms with Crippen molar-refractivity contribution >= 4 is 12.0 Å². The molecule has 2 aromatic heterocycles. The van der Waals surface area contributed by atoms with Gasteiger partial charge in [0, 0.05) is 44.0 Å². The topological polar surface area (TPSA) is 130 Å². The largest absolute Gasteiger partial charge is 0.465 e. The average Bonchev–Trinajstić information content (AvgIpc) is 3.32. The Hall–Kier alpha value is -4.57. The second-order valence-corrected chi connectivity index (χ2v) is 9.90. The lowest BCUT2D eigenvalue weighted by atomic mass is 10.0. The molecule has 10 heteroatoms. The number of aromatic nitrogens is 4. The van der Waals surface area contributed by atoms with E-state index >= 15 is 0 Å². The summed E-state index contributed by atoms with van der Waals surface area (Å²) in [4.78, 5) is 35.1. The number of primary amides is 1. The van der Waals surface area contributed by atoms with Gasteiger partial charge in [0.15, 0.2) is 0 Å². The molecular formula is C29H31N7O3. The van der Waals surface area contributed by atoms with E-state index in [2.05, 4.69) is 50.3 Å². The summed E-state index contributed by atoms with van der Waals surface area (Å²) in [5.74, 6) is -0.0402. The second-order valence-electron chi connectivity index (χ2n) is 9.90. The summed E-state index contributed by atoms with van der Waals surface area (Å²) in [6.45, 7) is 6.36. The molecule has 39 heavy (non-hydrogen) atoms. The number of pyridine rings is 1. The third-order valence-electron chi connectivity index (χ3n) is 7.03. The van der Waals surface area contributed by atoms with Crippen molar-refractivity contribution in [3.63, 3.8) is 0 Å². The van der Waals surface area contributed by atoms with E-state index in [4.69, 9.17) is 5.73 Å². The van der Waals surface area contributed by atoms with Crippen molar-refractivity contribution in [2.75, 3.05) is 19.6 Å². The number of aryl methyl sites for hydroxylation is 1. The van der Waals surface area contributed by atoms with Crippen LogP contribution in [0.2, 0.25) is 0 Å². The van der Waals surface area contributed by atoms with Gasteiger partial charge in [-0.1, -0.05) is 42.5 Å². The first kappa shape index (κ1) is 26.1. The minimum absolute atomic E-state index is 0.00665. The standard InChI is InChI=1S/C29H31N7O3/c1-19-17-34(13-14-35(19)29(38)39)18-25-10-9-24(16-31-25)23-7-3-21(4-8-23)15-22-5-11-26(12-6-22)36-20(2)32-28(33-36)27(30)37/h3-12,16,19H,13-15,17-18H2,1-2H3,(H2,30,37)(H,38,39)/t19-/m0/s1. The molecule has 1 atom stereocenters. The minimum atomic E-state index is -0.854. The molecule has 0 aliphatic carbocycles. The van der Waals surface area contributed by atoms with Gasteiger partial charge in [0.25, 0.3) is 5.91 Å². The lowest BCUT2D eigenvalue weighted by Crippen LogP contribution is -2.53. The van der Waals surface area contributed by atoms with E-state index in [1.165, 1.54) is 10.5 Å². The number of nitrogens with two attached hydrogens (primary N) is 1. The number of carbonyl (C=O) groups is 2. The first-order chi connectivity index (χ1) is 18.8. The highest BCUT2D eigenvalue weighted by Gasteiger charge is 2.27. The molecule has 5 rings (SSSR count). The van der Waals surface area contributed by atoms with Gasteiger partial charge in [0.2, 0.25) is 5.82 Å². The van der Waals surface area contributed by atoms with Crippen molar-refractivity contribution in [3.8, 4) is 16.8 Å². The van der Waals surface area contributed by atoms with Crippen molar-refractivity contribution in [2.45, 2.75) is 32.9 Å². The molecule has 0 spiro atoms. The molecule has 2 aromatic carbocycles. The molecule has 200 valence electrons. The highest BCUT2D eigenvalue weighted by Crippen LogP contribution is 2.22. The molecule has 1 aliphatic rings. The summed E-state index contributed by atoms with van der Waals surface area (Å²) in [6.07, 6.45) is 1.83. The summed E-state index contributed by atoms with van der Waals surface area (Å²) in [7, 11) is 0. The molecule has 2 amide bonds. The van der Waals surface area contributed by atoms with Crippen LogP contribution in [0.1, 0.15) is 40.2 Å². The normalized spacial score (nSPS) is 15.8. The molecule has 1 fully saturated rings. The van der Waals surface area contributed by atoms with Crippen LogP contribution in [0, 0.1) is 6.92 Å². The molecular weight excluding hydrogens is 494 g/mol. The molecule has 0 radical (unpaired) electrons. The summed E-state index contributed by atoms with van der Waals surface area (Å²) in [5.41, 5.74) is 11.6. The van der Waals surface area contributed by atoms with Gasteiger partial charge >= 0.3 is 6.09 Å². The van der Waals surface area contributed by atoms with E-state index < -0.39 is 12.0 Å². The van der Waals surface area contributed by atoms with Gasteiger partial charge in [-0.3, -0.25) is 14.7 Å². The van der Waals surface area contributed by atoms with Crippen LogP contribution in [0.5, 0.6) is 0 Å². The smallest absolute Gasteiger partial charge is 0.407 e. The molecule has 1 aliphatic heterocycles. The van der Waals surface area contributed by atoms with E-state index in [0.29, 0.717) is 32.0 Å². The fraction of sp³-hybridized carbons (Fsp3) is 0.276. The van der Waals surface area contributed by atoms with Gasteiger partial charge in [0.1, 0.15) is 5.82 Å². The maximum absolute atomic E-state index is 11.4. The maximum Gasteiger partial charge on any atom is 0.407 e. The van der Waals surface area contributed by atoms with Gasteiger partial charge in [-0.15, -0.1) is 5.10 Å². The van der Waals surface area contributed by atoms with Crippen molar-refractivity contribution in [3.05, 3.63) is 95.3 Å². The maximum atomic E-state index is 11.4. The first-order valence-electron chi connectivity index (χ1n) is 12.9. The Morgan fingerprint density at radius 1 is 0.974 bits per heavy atom. The number of piperazine rings is 1. The molecule has 1 saturated heterocycles. The molecule has 0 unspecified atom stereocenters. The molecule has 3 N–H and O–H groups in total. The van der Waals surface area contributed by atoms with Crippen LogP contribution in [-0.4, -0.2) is 72.3 Å². The predicted molar refractivity (Wildman–Crippen MR) is 147 cm³/mol. The van der Waals surface area contributed by atoms with E-state index in [1.807, 2.05) is 43.5 Å². The van der Waals surface area contributed by atoms with Gasteiger partial charge in [-0.05, 0) is 55.2 Å². The number of nitrogens with zero attached hydrogens (tertiary/aromatic N) is 6. The quantitative estimate of drug-likeness (QED) is 0.378. The van der Waals surface area contributed by atoms with Crippen LogP contribution < -0.4 is 5.73 Å². The Balaban J connectivity index is 1.18. The average molecular weight is 526 g/mol. The molecule has 4 aromatic rings. The Morgan fingerprint density at radius 3 is 2.21 bits per heavy atom. The number of hydrogen-bond donors (Lipinski definition) is 2. The molecule has 0 bridgehead atoms. The zero-order chi connectivity index (χ0) is 27.5. The number of rotatable bonds is 7. The number of carboxylic acid groups (broad SMARTS) is 1. The Kier molecular flexibility index (Phi) is 7.38. The van der Waals surface area contributed by atoms with Crippen LogP contribution in [-0.2, 0) is 13.0 Å². The van der Waals surface area contributed by atoms with Crippen LogP contribution in [0.3, 0.4) is 0 Å². The number of benzene rings is 2. The van der Waals surface area contributed by atoms with Gasteiger partial charge in [-0.2, -0.15) is 0 Å². The second kappa shape index (κ2) is 11.0. The first-order valence-corrected chi connectivity index (χ1v) is 12.9. The van der Waals surface area contributed by atoms with Gasteiger partial charge < -0.3 is 15.7 Å². The van der Waals surface area contributed by atoms with Crippen molar-refractivity contribution in [1.29, 1.82) is 0 Å². The monoisotopic (exact) mass is 525 g/mol. The van der Waals surface area contributed by atoms with Gasteiger partial charge in [0.05, 0.1) is 11.4 Å². The van der Waals surface area contributed by atoms with Gasteiger partial charge in [-0.25, -0.2) is 14.5 Å².